The number of ether oxygens (including phenoxy) is 3. The lowest BCUT2D eigenvalue weighted by molar-refractivity contribution is 0.0600. The third-order valence-electron chi connectivity index (χ3n) is 4.03. The van der Waals surface area contributed by atoms with E-state index in [4.69, 9.17) is 21.1 Å². The molecule has 0 bridgehead atoms. The number of carbonyl (C=O) groups is 2. The number of aryl methyl sites for hydroxylation is 1. The molecular weight excluding hydrogens is 514 g/mol. The molecule has 1 aromatic heterocycles. The molecule has 0 aliphatic rings. The summed E-state index contributed by atoms with van der Waals surface area (Å²) in [5.74, 6) is 0.0957. The molecule has 0 radical (unpaired) electrons. The molecule has 0 aliphatic heterocycles. The van der Waals surface area contributed by atoms with Crippen molar-refractivity contribution in [1.29, 1.82) is 0 Å². The molecule has 0 spiro atoms. The van der Waals surface area contributed by atoms with E-state index in [9.17, 15) is 18.0 Å². The monoisotopic (exact) mass is 537 g/mol. The first-order valence-electron chi connectivity index (χ1n) is 10.2. The number of para-hydroxylation sites is 1. The van der Waals surface area contributed by atoms with Crippen LogP contribution in [0.25, 0.3) is 0 Å². The number of nitrogens with one attached hydrogen (secondary N) is 2. The van der Waals surface area contributed by atoms with Crippen LogP contribution in [0.2, 0.25) is 0 Å². The van der Waals surface area contributed by atoms with Crippen molar-refractivity contribution in [3.63, 3.8) is 0 Å². The van der Waals surface area contributed by atoms with Crippen LogP contribution in [0.15, 0.2) is 59.5 Å². The molecule has 2 aromatic carbocycles. The van der Waals surface area contributed by atoms with Crippen LogP contribution in [0.4, 0.5) is 10.7 Å². The number of hydrogen-bond donors (Lipinski definition) is 2. The zero-order valence-corrected chi connectivity index (χ0v) is 21.2. The quantitative estimate of drug-likeness (QED) is 0.323. The van der Waals surface area contributed by atoms with Crippen molar-refractivity contribution in [2.75, 3.05) is 32.0 Å². The van der Waals surface area contributed by atoms with Gasteiger partial charge >= 0.3 is 18.0 Å². The highest BCUT2D eigenvalue weighted by atomic mass is 35.5. The van der Waals surface area contributed by atoms with Gasteiger partial charge in [-0.25, -0.2) is 22.7 Å². The van der Waals surface area contributed by atoms with Crippen LogP contribution in [-0.2, 0) is 14.8 Å². The fourth-order valence-electron chi connectivity index (χ4n) is 2.54. The molecule has 3 aromatic rings. The van der Waals surface area contributed by atoms with E-state index in [-0.39, 0.29) is 46.9 Å². The first-order chi connectivity index (χ1) is 17.2. The van der Waals surface area contributed by atoms with Gasteiger partial charge in [-0.2, -0.15) is 15.0 Å². The molecule has 2 amide bonds. The van der Waals surface area contributed by atoms with Crippen LogP contribution < -0.4 is 19.5 Å². The van der Waals surface area contributed by atoms with Gasteiger partial charge < -0.3 is 14.2 Å². The molecule has 14 heteroatoms. The number of halogens is 1. The first-order valence-corrected chi connectivity index (χ1v) is 12.2. The van der Waals surface area contributed by atoms with Crippen molar-refractivity contribution in [3.8, 4) is 11.8 Å². The van der Waals surface area contributed by atoms with Crippen LogP contribution in [0.3, 0.4) is 0 Å². The molecule has 12 nitrogen and oxygen atoms in total. The summed E-state index contributed by atoms with van der Waals surface area (Å²) >= 11 is 5.55. The highest BCUT2D eigenvalue weighted by Gasteiger charge is 2.22. The van der Waals surface area contributed by atoms with E-state index in [0.29, 0.717) is 5.56 Å². The normalized spacial score (nSPS) is 10.3. The summed E-state index contributed by atoms with van der Waals surface area (Å²) in [4.78, 5) is 34.2. The van der Waals surface area contributed by atoms with Crippen LogP contribution in [0, 0.1) is 6.92 Å². The molecule has 0 saturated heterocycles. The number of urea groups is 1. The molecule has 3 rings (SSSR count). The van der Waals surface area contributed by atoms with Gasteiger partial charge in [-0.3, -0.25) is 5.32 Å². The molecule has 0 atom stereocenters. The van der Waals surface area contributed by atoms with E-state index in [0.717, 1.165) is 0 Å². The minimum atomic E-state index is -4.20. The second-order valence-corrected chi connectivity index (χ2v) is 8.62. The zero-order valence-electron chi connectivity index (χ0n) is 19.6. The van der Waals surface area contributed by atoms with E-state index < -0.39 is 16.1 Å². The number of benzene rings is 2. The molecule has 0 unspecified atom stereocenters. The number of nitrogens with zero attached hydrogens (tertiary/aromatic N) is 3. The van der Waals surface area contributed by atoms with Crippen molar-refractivity contribution < 1.29 is 32.2 Å². The highest BCUT2D eigenvalue weighted by Crippen LogP contribution is 2.23. The number of aromatic nitrogens is 3. The van der Waals surface area contributed by atoms with Crippen molar-refractivity contribution in [1.82, 2.24) is 19.7 Å². The summed E-state index contributed by atoms with van der Waals surface area (Å²) in [5, 5.41) is 2.21. The Morgan fingerprint density at radius 3 is 2.28 bits per heavy atom. The molecule has 0 fully saturated rings. The Labute approximate surface area is 213 Å². The largest absolute Gasteiger partial charge is 0.491 e. The molecule has 36 heavy (non-hydrogen) atoms. The highest BCUT2D eigenvalue weighted by molar-refractivity contribution is 7.90. The Kier molecular flexibility index (Phi) is 10.8. The fourth-order valence-corrected chi connectivity index (χ4v) is 3.67. The summed E-state index contributed by atoms with van der Waals surface area (Å²) < 4.78 is 41.4. The number of anilines is 1. The zero-order chi connectivity index (χ0) is 26.6. The van der Waals surface area contributed by atoms with Gasteiger partial charge in [-0.1, -0.05) is 30.3 Å². The molecule has 0 saturated carbocycles. The molecule has 1 heterocycles. The van der Waals surface area contributed by atoms with Gasteiger partial charge in [-0.05, 0) is 31.2 Å². The lowest BCUT2D eigenvalue weighted by Gasteiger charge is -2.12. The minimum absolute atomic E-state index is 0.0181. The Bertz CT molecular complexity index is 1280. The maximum absolute atomic E-state index is 12.4. The fraction of sp³-hybridized carbons (Fsp3) is 0.227. The smallest absolute Gasteiger partial charge is 0.337 e. The number of rotatable bonds is 8. The van der Waals surface area contributed by atoms with Gasteiger partial charge in [0.25, 0.3) is 10.0 Å². The van der Waals surface area contributed by atoms with Gasteiger partial charge in [-0.15, -0.1) is 11.6 Å². The number of amides is 2. The lowest BCUT2D eigenvalue weighted by atomic mass is 10.2. The van der Waals surface area contributed by atoms with Crippen molar-refractivity contribution in [2.24, 2.45) is 0 Å². The Morgan fingerprint density at radius 2 is 1.64 bits per heavy atom. The van der Waals surface area contributed by atoms with Gasteiger partial charge in [0.15, 0.2) is 0 Å². The standard InChI is InChI=1S/C14H16ClN5O5S.C8H8O2/c1-9-16-12(19-14(17-9)24-2)18-13(21)20-26(22,23)11-6-4-3-5-10(11)25-8-7-15;1-10-8(9)7-5-3-2-4-6-7/h3-6H,7-8H2,1-2H3,(H2,16,17,18,19,20,21);2-6H,1H3. The van der Waals surface area contributed by atoms with E-state index in [2.05, 4.69) is 25.0 Å². The second-order valence-electron chi connectivity index (χ2n) is 6.59. The number of carbonyl (C=O) groups excluding carboxylic acids is 2. The Morgan fingerprint density at radius 1 is 0.972 bits per heavy atom. The summed E-state index contributed by atoms with van der Waals surface area (Å²) in [7, 11) is -1.48. The van der Waals surface area contributed by atoms with Crippen molar-refractivity contribution >= 4 is 39.6 Å². The van der Waals surface area contributed by atoms with Crippen molar-refractivity contribution in [3.05, 3.63) is 66.0 Å². The average Bonchev–Trinajstić information content (AvgIpc) is 2.87. The number of methoxy groups -OCH3 is 2. The predicted octanol–water partition coefficient (Wildman–Crippen LogP) is 2.79. The SMILES string of the molecule is COC(=O)c1ccccc1.COc1nc(C)nc(NC(=O)NS(=O)(=O)c2ccccc2OCCCl)n1. The molecule has 0 aliphatic carbocycles. The minimum Gasteiger partial charge on any atom is -0.491 e. The number of hydrogen-bond acceptors (Lipinski definition) is 10. The van der Waals surface area contributed by atoms with Crippen LogP contribution in [0.5, 0.6) is 11.8 Å². The third kappa shape index (κ3) is 8.67. The number of esters is 1. The van der Waals surface area contributed by atoms with Gasteiger partial charge in [0, 0.05) is 0 Å². The van der Waals surface area contributed by atoms with Crippen LogP contribution >= 0.6 is 11.6 Å². The van der Waals surface area contributed by atoms with E-state index >= 15 is 0 Å². The summed E-state index contributed by atoms with van der Waals surface area (Å²) in [5.41, 5.74) is 0.588. The first kappa shape index (κ1) is 28.3. The molecule has 2 N–H and O–H groups in total. The van der Waals surface area contributed by atoms with Gasteiger partial charge in [0.05, 0.1) is 25.7 Å². The number of sulfonamides is 1. The summed E-state index contributed by atoms with van der Waals surface area (Å²) in [6.07, 6.45) is 0. The summed E-state index contributed by atoms with van der Waals surface area (Å²) in [6, 6.07) is 13.7. The van der Waals surface area contributed by atoms with E-state index in [1.807, 2.05) is 10.8 Å². The molecular formula is C22H24ClN5O7S. The second kappa shape index (κ2) is 13.8. The Balaban J connectivity index is 0.000000380. The third-order valence-corrected chi connectivity index (χ3v) is 5.55. The molecule has 192 valence electrons. The average molecular weight is 538 g/mol. The summed E-state index contributed by atoms with van der Waals surface area (Å²) in [6.45, 7) is 1.68. The van der Waals surface area contributed by atoms with Crippen LogP contribution in [-0.4, -0.2) is 62.1 Å². The predicted molar refractivity (Wildman–Crippen MR) is 131 cm³/mol. The van der Waals surface area contributed by atoms with Gasteiger partial charge in [0.1, 0.15) is 23.1 Å². The van der Waals surface area contributed by atoms with Crippen molar-refractivity contribution in [2.45, 2.75) is 11.8 Å². The Hall–Kier alpha value is -3.97. The van der Waals surface area contributed by atoms with Gasteiger partial charge in [0.2, 0.25) is 5.95 Å². The van der Waals surface area contributed by atoms with E-state index in [1.165, 1.54) is 32.4 Å². The maximum Gasteiger partial charge on any atom is 0.337 e. The maximum atomic E-state index is 12.4. The topological polar surface area (TPSA) is 159 Å². The van der Waals surface area contributed by atoms with E-state index in [1.54, 1.807) is 37.3 Å². The van der Waals surface area contributed by atoms with Crippen LogP contribution in [0.1, 0.15) is 16.2 Å². The lowest BCUT2D eigenvalue weighted by Crippen LogP contribution is -2.35. The number of alkyl halides is 1.